The van der Waals surface area contributed by atoms with Crippen molar-refractivity contribution in [2.75, 3.05) is 52.4 Å². The van der Waals surface area contributed by atoms with Crippen molar-refractivity contribution < 1.29 is 4.74 Å². The molecule has 2 aliphatic rings. The van der Waals surface area contributed by atoms with Gasteiger partial charge in [0.2, 0.25) is 0 Å². The Kier molecular flexibility index (Phi) is 8.75. The van der Waals surface area contributed by atoms with E-state index >= 15 is 0 Å². The molecule has 0 aliphatic carbocycles. The van der Waals surface area contributed by atoms with E-state index in [0.29, 0.717) is 12.6 Å². The lowest BCUT2D eigenvalue weighted by Gasteiger charge is -2.39. The van der Waals surface area contributed by atoms with Crippen LogP contribution in [0.3, 0.4) is 0 Å². The number of nitrogens with one attached hydrogen (secondary N) is 1. The lowest BCUT2D eigenvalue weighted by Crippen LogP contribution is -2.52. The number of likely N-dealkylation sites (N-methyl/N-ethyl adjacent to an activating group) is 1. The Morgan fingerprint density at radius 2 is 1.96 bits per heavy atom. The van der Waals surface area contributed by atoms with Gasteiger partial charge in [-0.2, -0.15) is 0 Å². The van der Waals surface area contributed by atoms with Crippen LogP contribution < -0.4 is 11.1 Å². The molecule has 0 saturated carbocycles. The Labute approximate surface area is 160 Å². The zero-order chi connectivity index (χ0) is 18.9. The molecule has 1 saturated heterocycles. The Morgan fingerprint density at radius 1 is 1.23 bits per heavy atom. The molecule has 2 atom stereocenters. The number of rotatable bonds is 10. The molecule has 0 aromatic heterocycles. The van der Waals surface area contributed by atoms with Crippen LogP contribution >= 0.6 is 0 Å². The van der Waals surface area contributed by atoms with Gasteiger partial charge in [0.25, 0.3) is 0 Å². The Balaban J connectivity index is 1.84. The number of ether oxygens (including phenoxy) is 1. The fourth-order valence-corrected chi connectivity index (χ4v) is 3.83. The normalized spacial score (nSPS) is 24.7. The molecule has 26 heavy (non-hydrogen) atoms. The highest BCUT2D eigenvalue weighted by molar-refractivity contribution is 5.26. The molecule has 0 radical (unpaired) electrons. The number of piperazine rings is 1. The van der Waals surface area contributed by atoms with E-state index in [9.17, 15) is 0 Å². The minimum atomic E-state index is -0.186. The van der Waals surface area contributed by atoms with Gasteiger partial charge in [-0.05, 0) is 32.4 Å². The average molecular weight is 366 g/mol. The quantitative estimate of drug-likeness (QED) is 0.615. The molecule has 0 spiro atoms. The van der Waals surface area contributed by atoms with Crippen LogP contribution in [0.25, 0.3) is 0 Å². The van der Waals surface area contributed by atoms with E-state index in [1.54, 1.807) is 0 Å². The molecule has 6 nitrogen and oxygen atoms in total. The monoisotopic (exact) mass is 365 g/mol. The van der Waals surface area contributed by atoms with Gasteiger partial charge in [0.1, 0.15) is 6.61 Å². The van der Waals surface area contributed by atoms with Crippen molar-refractivity contribution in [2.24, 2.45) is 5.73 Å². The van der Waals surface area contributed by atoms with E-state index in [1.165, 1.54) is 5.70 Å². The number of dihydropyridines is 1. The van der Waals surface area contributed by atoms with Crippen LogP contribution in [0.1, 0.15) is 40.5 Å². The van der Waals surface area contributed by atoms with Crippen molar-refractivity contribution >= 4 is 0 Å². The summed E-state index contributed by atoms with van der Waals surface area (Å²) in [6.45, 7) is 17.3. The number of allylic oxidation sites excluding steroid dienone is 1. The van der Waals surface area contributed by atoms with Crippen molar-refractivity contribution in [3.63, 3.8) is 0 Å². The van der Waals surface area contributed by atoms with E-state index in [2.05, 4.69) is 59.9 Å². The summed E-state index contributed by atoms with van der Waals surface area (Å²) in [5.41, 5.74) is 7.34. The molecular weight excluding hydrogens is 326 g/mol. The van der Waals surface area contributed by atoms with Gasteiger partial charge in [0.05, 0.1) is 6.17 Å². The highest BCUT2D eigenvalue weighted by Crippen LogP contribution is 2.16. The minimum Gasteiger partial charge on any atom is -0.478 e. The predicted octanol–water partition coefficient (Wildman–Crippen LogP) is 1.76. The molecule has 0 bridgehead atoms. The van der Waals surface area contributed by atoms with Gasteiger partial charge < -0.3 is 20.7 Å². The second kappa shape index (κ2) is 10.8. The summed E-state index contributed by atoms with van der Waals surface area (Å²) < 4.78 is 6.03. The molecule has 2 rings (SSSR count). The van der Waals surface area contributed by atoms with E-state index in [0.717, 1.165) is 64.5 Å². The highest BCUT2D eigenvalue weighted by Gasteiger charge is 2.22. The molecule has 3 N–H and O–H groups in total. The Morgan fingerprint density at radius 3 is 2.58 bits per heavy atom. The number of nitrogens with zero attached hydrogens (tertiary/aromatic N) is 3. The maximum atomic E-state index is 6.16. The van der Waals surface area contributed by atoms with E-state index in [-0.39, 0.29) is 6.17 Å². The smallest absolute Gasteiger partial charge is 0.190 e. The first-order valence-electron chi connectivity index (χ1n) is 10.4. The standard InChI is InChI=1S/C20H39N5O/c1-5-8-25(9-6-2)18-14-19(21)22-20(15-18)26-13-12-23-10-11-24(7-3)17(4)16-23/h14-15,17,19,22H,5-13,16,21H2,1-4H3/t17-,19?/m0/s1. The van der Waals surface area contributed by atoms with Crippen molar-refractivity contribution in [1.29, 1.82) is 0 Å². The first-order valence-corrected chi connectivity index (χ1v) is 10.4. The summed E-state index contributed by atoms with van der Waals surface area (Å²) in [5.74, 6) is 0.799. The van der Waals surface area contributed by atoms with Gasteiger partial charge in [-0.3, -0.25) is 9.80 Å². The first-order chi connectivity index (χ1) is 12.6. The third kappa shape index (κ3) is 6.18. The lowest BCUT2D eigenvalue weighted by atomic mass is 10.2. The molecule has 150 valence electrons. The van der Waals surface area contributed by atoms with Crippen molar-refractivity contribution in [3.05, 3.63) is 23.7 Å². The Hall–Kier alpha value is -1.24. The topological polar surface area (TPSA) is 57.0 Å². The van der Waals surface area contributed by atoms with Gasteiger partial charge in [-0.25, -0.2) is 0 Å². The lowest BCUT2D eigenvalue weighted by molar-refractivity contribution is 0.0656. The van der Waals surface area contributed by atoms with Crippen molar-refractivity contribution in [1.82, 2.24) is 20.0 Å². The molecule has 0 aromatic carbocycles. The predicted molar refractivity (Wildman–Crippen MR) is 109 cm³/mol. The van der Waals surface area contributed by atoms with Gasteiger partial charge in [-0.1, -0.05) is 20.8 Å². The first kappa shape index (κ1) is 21.1. The summed E-state index contributed by atoms with van der Waals surface area (Å²) in [7, 11) is 0. The third-order valence-corrected chi connectivity index (χ3v) is 5.21. The fraction of sp³-hybridized carbons (Fsp3) is 0.800. The van der Waals surface area contributed by atoms with Gasteiger partial charge >= 0.3 is 0 Å². The summed E-state index contributed by atoms with van der Waals surface area (Å²) >= 11 is 0. The molecule has 2 aliphatic heterocycles. The van der Waals surface area contributed by atoms with Gasteiger partial charge in [0, 0.05) is 57.1 Å². The van der Waals surface area contributed by atoms with Crippen LogP contribution in [0, 0.1) is 0 Å². The van der Waals surface area contributed by atoms with E-state index in [1.807, 2.05) is 0 Å². The van der Waals surface area contributed by atoms with Crippen LogP contribution in [0.5, 0.6) is 0 Å². The molecule has 6 heteroatoms. The molecule has 2 heterocycles. The Bertz CT molecular complexity index is 473. The minimum absolute atomic E-state index is 0.186. The molecule has 1 unspecified atom stereocenters. The van der Waals surface area contributed by atoms with Gasteiger partial charge in [-0.15, -0.1) is 0 Å². The molecular formula is C20H39N5O. The fourth-order valence-electron chi connectivity index (χ4n) is 3.83. The molecule has 0 amide bonds. The largest absolute Gasteiger partial charge is 0.478 e. The van der Waals surface area contributed by atoms with Gasteiger partial charge in [0.15, 0.2) is 5.88 Å². The number of hydrogen-bond acceptors (Lipinski definition) is 6. The number of hydrogen-bond donors (Lipinski definition) is 2. The van der Waals surface area contributed by atoms with E-state index < -0.39 is 0 Å². The second-order valence-electron chi connectivity index (χ2n) is 7.38. The summed E-state index contributed by atoms with van der Waals surface area (Å²) in [6, 6.07) is 0.625. The van der Waals surface area contributed by atoms with E-state index in [4.69, 9.17) is 10.5 Å². The van der Waals surface area contributed by atoms with Crippen molar-refractivity contribution in [3.8, 4) is 0 Å². The van der Waals surface area contributed by atoms with Crippen LogP contribution in [0.2, 0.25) is 0 Å². The SMILES string of the molecule is CCCN(CCC)C1=CC(N)NC(OCCN2CCN(CC)[C@@H](C)C2)=C1. The second-order valence-corrected chi connectivity index (χ2v) is 7.38. The maximum absolute atomic E-state index is 6.16. The van der Waals surface area contributed by atoms with Crippen molar-refractivity contribution in [2.45, 2.75) is 52.7 Å². The van der Waals surface area contributed by atoms with Crippen LogP contribution in [0.15, 0.2) is 23.7 Å². The molecule has 0 aromatic rings. The zero-order valence-corrected chi connectivity index (χ0v) is 17.2. The number of nitrogens with two attached hydrogens (primary N) is 1. The highest BCUT2D eigenvalue weighted by atomic mass is 16.5. The summed E-state index contributed by atoms with van der Waals surface area (Å²) in [6.07, 6.45) is 6.27. The third-order valence-electron chi connectivity index (χ3n) is 5.21. The average Bonchev–Trinajstić information content (AvgIpc) is 2.61. The van der Waals surface area contributed by atoms with Crippen LogP contribution in [0.4, 0.5) is 0 Å². The summed E-state index contributed by atoms with van der Waals surface area (Å²) in [4.78, 5) is 7.43. The maximum Gasteiger partial charge on any atom is 0.190 e. The van der Waals surface area contributed by atoms with Crippen LogP contribution in [-0.2, 0) is 4.74 Å². The van der Waals surface area contributed by atoms with Crippen LogP contribution in [-0.4, -0.2) is 79.3 Å². The molecule has 1 fully saturated rings. The summed E-state index contributed by atoms with van der Waals surface area (Å²) in [5, 5.41) is 3.23. The zero-order valence-electron chi connectivity index (χ0n) is 17.2.